The van der Waals surface area contributed by atoms with Crippen LogP contribution in [-0.2, 0) is 35.1 Å². The fraction of sp³-hybridized carbons (Fsp3) is 0.600. The molecule has 0 aromatic heterocycles. The van der Waals surface area contributed by atoms with Crippen LogP contribution < -0.4 is 10.5 Å². The highest BCUT2D eigenvalue weighted by atomic mass is 16.9. The van der Waals surface area contributed by atoms with Crippen molar-refractivity contribution in [2.45, 2.75) is 77.4 Å². The molecule has 5 rings (SSSR count). The van der Waals surface area contributed by atoms with E-state index in [1.165, 1.54) is 12.1 Å². The third kappa shape index (κ3) is 7.46. The lowest BCUT2D eigenvalue weighted by molar-refractivity contribution is -0.757. The lowest BCUT2D eigenvalue weighted by atomic mass is 9.46. The summed E-state index contributed by atoms with van der Waals surface area (Å²) in [7, 11) is 0. The molecule has 4 aliphatic rings. The molecule has 0 heterocycles. The second-order valence-electron chi connectivity index (χ2n) is 13.9. The molecule has 13 heteroatoms. The van der Waals surface area contributed by atoms with Gasteiger partial charge in [-0.25, -0.2) is 4.79 Å². The van der Waals surface area contributed by atoms with Crippen LogP contribution >= 0.6 is 0 Å². The molecule has 3 fully saturated rings. The predicted molar refractivity (Wildman–Crippen MR) is 170 cm³/mol. The van der Waals surface area contributed by atoms with E-state index in [9.17, 15) is 34.4 Å². The Hall–Kier alpha value is -4.10. The Bertz CT molecular complexity index is 1470. The monoisotopic (exact) mass is 668 g/mol. The van der Waals surface area contributed by atoms with Gasteiger partial charge in [-0.05, 0) is 98.5 Å². The zero-order chi connectivity index (χ0) is 34.6. The van der Waals surface area contributed by atoms with Gasteiger partial charge in [0.05, 0.1) is 19.3 Å². The van der Waals surface area contributed by atoms with E-state index in [1.807, 2.05) is 6.08 Å². The first kappa shape index (κ1) is 35.2. The van der Waals surface area contributed by atoms with Crippen LogP contribution in [-0.4, -0.2) is 65.9 Å². The number of esters is 1. The van der Waals surface area contributed by atoms with Crippen molar-refractivity contribution >= 4 is 23.7 Å². The number of aliphatic hydroxyl groups is 1. The molecule has 0 bridgehead atoms. The third-order valence-corrected chi connectivity index (χ3v) is 11.1. The van der Waals surface area contributed by atoms with Gasteiger partial charge >= 0.3 is 12.1 Å². The lowest BCUT2D eigenvalue weighted by Crippen LogP contribution is -2.56. The minimum absolute atomic E-state index is 0.00600. The average molecular weight is 669 g/mol. The molecule has 1 aromatic carbocycles. The third-order valence-electron chi connectivity index (χ3n) is 11.1. The lowest BCUT2D eigenvalue weighted by Gasteiger charge is -2.58. The van der Waals surface area contributed by atoms with Crippen LogP contribution in [0, 0.1) is 44.6 Å². The van der Waals surface area contributed by atoms with Crippen LogP contribution in [0.1, 0.15) is 64.4 Å². The topological polar surface area (TPSA) is 195 Å². The summed E-state index contributed by atoms with van der Waals surface area (Å²) in [6.45, 7) is 3.76. The van der Waals surface area contributed by atoms with Gasteiger partial charge in [0.15, 0.2) is 18.2 Å². The van der Waals surface area contributed by atoms with E-state index in [-0.39, 0.29) is 66.0 Å². The Kier molecular flexibility index (Phi) is 10.7. The number of carbonyl (C=O) groups is 4. The second-order valence-corrected chi connectivity index (χ2v) is 13.9. The fourth-order valence-electron chi connectivity index (χ4n) is 8.86. The van der Waals surface area contributed by atoms with Crippen molar-refractivity contribution in [3.8, 4) is 5.75 Å². The minimum atomic E-state index is -1.01. The molecule has 0 spiro atoms. The molecular formula is C35H44N2O11. The Labute approximate surface area is 278 Å². The van der Waals surface area contributed by atoms with Crippen molar-refractivity contribution in [3.63, 3.8) is 0 Å². The number of ether oxygens (including phenoxy) is 3. The molecule has 4 aliphatic carbocycles. The molecule has 0 amide bonds. The number of fused-ring (bicyclic) bond motifs is 5. The molecule has 0 aliphatic heterocycles. The van der Waals surface area contributed by atoms with Crippen molar-refractivity contribution < 1.29 is 48.4 Å². The zero-order valence-corrected chi connectivity index (χ0v) is 27.3. The number of carbonyl (C=O) groups excluding carboxylic acids is 4. The highest BCUT2D eigenvalue weighted by Crippen LogP contribution is 2.66. The van der Waals surface area contributed by atoms with Gasteiger partial charge in [-0.15, -0.1) is 10.1 Å². The van der Waals surface area contributed by atoms with E-state index in [0.717, 1.165) is 24.8 Å². The first-order valence-corrected chi connectivity index (χ1v) is 16.6. The highest BCUT2D eigenvalue weighted by Gasteiger charge is 2.62. The first-order valence-electron chi connectivity index (χ1n) is 16.6. The number of hydrogen-bond acceptors (Lipinski definition) is 12. The van der Waals surface area contributed by atoms with E-state index in [1.54, 1.807) is 24.3 Å². The van der Waals surface area contributed by atoms with Crippen molar-refractivity contribution in [2.75, 3.05) is 19.8 Å². The van der Waals surface area contributed by atoms with Crippen molar-refractivity contribution in [2.24, 2.45) is 40.2 Å². The number of nitrogens with zero attached hydrogens (tertiary/aromatic N) is 1. The van der Waals surface area contributed by atoms with Gasteiger partial charge in [-0.3, -0.25) is 14.4 Å². The Morgan fingerprint density at radius 2 is 1.81 bits per heavy atom. The molecule has 13 nitrogen and oxygen atoms in total. The van der Waals surface area contributed by atoms with Gasteiger partial charge in [0.25, 0.3) is 5.09 Å². The smallest absolute Gasteiger partial charge is 0.465 e. The normalized spacial score (nSPS) is 31.0. The number of ketones is 2. The maximum absolute atomic E-state index is 13.4. The van der Waals surface area contributed by atoms with Gasteiger partial charge in [-0.1, -0.05) is 37.6 Å². The second kappa shape index (κ2) is 14.6. The summed E-state index contributed by atoms with van der Waals surface area (Å²) in [5, 5.41) is 20.8. The number of aliphatic hydroxyl groups excluding tert-OH is 1. The van der Waals surface area contributed by atoms with Crippen LogP contribution in [0.15, 0.2) is 48.1 Å². The maximum Gasteiger partial charge on any atom is 0.514 e. The number of hydrogen-bond donors (Lipinski definition) is 2. The molecule has 3 N–H and O–H groups in total. The number of allylic oxidation sites excluding steroid dienone is 4. The summed E-state index contributed by atoms with van der Waals surface area (Å²) >= 11 is 0. The van der Waals surface area contributed by atoms with Crippen LogP contribution in [0.5, 0.6) is 5.75 Å². The van der Waals surface area contributed by atoms with Gasteiger partial charge in [-0.2, -0.15) is 0 Å². The first-order chi connectivity index (χ1) is 22.8. The number of rotatable bonds is 13. The van der Waals surface area contributed by atoms with E-state index >= 15 is 0 Å². The standard InChI is InChI=1S/C35H44N2O11/c1-34-14-13-23(38)18-22(34)7-10-25-26-11-12-27(35(26,2)19-29(39)31(25)34)30(40)20-46-33(42)48-24-8-5-21(6-9-24)17-28(36)32(41)45-15-3-4-16-47-37(43)44/h5-6,8-9,13-14,18,25-29,31,39H,3-4,7,10-12,15-17,19-20,36H2,1-2H3. The summed E-state index contributed by atoms with van der Waals surface area (Å²) in [6, 6.07) is 5.40. The highest BCUT2D eigenvalue weighted by molar-refractivity contribution is 6.01. The van der Waals surface area contributed by atoms with Crippen LogP contribution in [0.2, 0.25) is 0 Å². The Morgan fingerprint density at radius 1 is 1.08 bits per heavy atom. The van der Waals surface area contributed by atoms with E-state index in [2.05, 4.69) is 18.7 Å². The van der Waals surface area contributed by atoms with Gasteiger partial charge in [0, 0.05) is 17.3 Å². The molecule has 1 aromatic rings. The predicted octanol–water partition coefficient (Wildman–Crippen LogP) is 4.07. The molecule has 48 heavy (non-hydrogen) atoms. The minimum Gasteiger partial charge on any atom is -0.465 e. The summed E-state index contributed by atoms with van der Waals surface area (Å²) < 4.78 is 15.6. The van der Waals surface area contributed by atoms with Gasteiger partial charge < -0.3 is 29.9 Å². The van der Waals surface area contributed by atoms with Crippen molar-refractivity contribution in [1.82, 2.24) is 0 Å². The van der Waals surface area contributed by atoms with Crippen molar-refractivity contribution in [3.05, 3.63) is 63.7 Å². The van der Waals surface area contributed by atoms with Crippen molar-refractivity contribution in [1.29, 1.82) is 0 Å². The number of nitrogens with two attached hydrogens (primary N) is 1. The molecule has 3 saturated carbocycles. The summed E-state index contributed by atoms with van der Waals surface area (Å²) in [6.07, 6.45) is 8.26. The molecule has 260 valence electrons. The number of Topliss-reactive ketones (excluding diaryl/α,β-unsaturated/α-hetero) is 1. The molecule has 0 saturated heterocycles. The van der Waals surface area contributed by atoms with Crippen LogP contribution in [0.3, 0.4) is 0 Å². The summed E-state index contributed by atoms with van der Waals surface area (Å²) in [5.41, 5.74) is 6.93. The molecule has 8 unspecified atom stereocenters. The summed E-state index contributed by atoms with van der Waals surface area (Å²) in [4.78, 5) is 64.5. The van der Waals surface area contributed by atoms with Gasteiger partial charge in [0.1, 0.15) is 11.8 Å². The van der Waals surface area contributed by atoms with Gasteiger partial charge in [0.2, 0.25) is 0 Å². The molecule has 8 atom stereocenters. The molecule has 0 radical (unpaired) electrons. The van der Waals surface area contributed by atoms with E-state index < -0.39 is 41.4 Å². The number of unbranched alkanes of at least 4 members (excludes halogenated alkanes) is 1. The van der Waals surface area contributed by atoms with E-state index in [4.69, 9.17) is 19.9 Å². The number of benzene rings is 1. The average Bonchev–Trinajstić information content (AvgIpc) is 3.38. The largest absolute Gasteiger partial charge is 0.514 e. The van der Waals surface area contributed by atoms with Crippen LogP contribution in [0.4, 0.5) is 4.79 Å². The van der Waals surface area contributed by atoms with E-state index in [0.29, 0.717) is 31.2 Å². The quantitative estimate of drug-likeness (QED) is 0.101. The SMILES string of the molecule is CC12C=CC(=O)C=C1CCC1C2C(O)CC2(C)C(C(=O)COC(=O)Oc3ccc(CC(N)C(=O)OCCCCO[N+](=O)[O-])cc3)CCC12. The molecular weight excluding hydrogens is 624 g/mol. The van der Waals surface area contributed by atoms with Crippen LogP contribution in [0.25, 0.3) is 0 Å². The Morgan fingerprint density at radius 3 is 2.54 bits per heavy atom. The Balaban J connectivity index is 1.07. The fourth-order valence-corrected chi connectivity index (χ4v) is 8.86. The zero-order valence-electron chi connectivity index (χ0n) is 27.3. The summed E-state index contributed by atoms with van der Waals surface area (Å²) in [5.74, 6) is -0.510. The maximum atomic E-state index is 13.4.